The van der Waals surface area contributed by atoms with Gasteiger partial charge in [0.2, 0.25) is 21.8 Å². The topological polar surface area (TPSA) is 105 Å². The van der Waals surface area contributed by atoms with Crippen LogP contribution in [0.2, 0.25) is 0 Å². The van der Waals surface area contributed by atoms with Gasteiger partial charge in [0.05, 0.1) is 12.0 Å². The number of amides is 2. The molecular weight excluding hydrogens is 490 g/mol. The van der Waals surface area contributed by atoms with E-state index in [0.717, 1.165) is 22.4 Å². The molecule has 2 amide bonds. The Bertz CT molecular complexity index is 1380. The maximum Gasteiger partial charge on any atom is 0.241 e. The highest BCUT2D eigenvalue weighted by atomic mass is 32.2. The molecule has 3 aromatic carbocycles. The van der Waals surface area contributed by atoms with Crippen molar-refractivity contribution in [2.45, 2.75) is 43.7 Å². The Labute approximate surface area is 217 Å². The van der Waals surface area contributed by atoms with Crippen molar-refractivity contribution < 1.29 is 22.7 Å². The van der Waals surface area contributed by atoms with Gasteiger partial charge in [-0.1, -0.05) is 49.4 Å². The molecule has 4 rings (SSSR count). The monoisotopic (exact) mass is 521 g/mol. The van der Waals surface area contributed by atoms with Crippen LogP contribution in [0, 0.1) is 0 Å². The van der Waals surface area contributed by atoms with Gasteiger partial charge < -0.3 is 15.0 Å². The van der Waals surface area contributed by atoms with Crippen LogP contribution >= 0.6 is 0 Å². The minimum Gasteiger partial charge on any atom is -0.497 e. The number of carbonyl (C=O) groups is 2. The van der Waals surface area contributed by atoms with Crippen molar-refractivity contribution in [2.75, 3.05) is 18.6 Å². The van der Waals surface area contributed by atoms with Crippen molar-refractivity contribution in [3.8, 4) is 5.75 Å². The highest BCUT2D eigenvalue weighted by molar-refractivity contribution is 7.89. The SMILES string of the molecule is CCC(=O)N1CCc2cc(S(=O)(=O)N[C@H](Cc3ccccc3)C(=O)NCc3cccc(OC)c3)ccc21. The molecule has 8 nitrogen and oxygen atoms in total. The zero-order valence-electron chi connectivity index (χ0n) is 20.9. The van der Waals surface area contributed by atoms with Crippen molar-refractivity contribution in [1.82, 2.24) is 10.0 Å². The van der Waals surface area contributed by atoms with Crippen LogP contribution in [0.4, 0.5) is 5.69 Å². The average Bonchev–Trinajstić information content (AvgIpc) is 3.35. The fourth-order valence-electron chi connectivity index (χ4n) is 4.38. The van der Waals surface area contributed by atoms with E-state index in [2.05, 4.69) is 10.0 Å². The fraction of sp³-hybridized carbons (Fsp3) is 0.286. The lowest BCUT2D eigenvalue weighted by Crippen LogP contribution is -2.47. The van der Waals surface area contributed by atoms with Crippen LogP contribution in [-0.4, -0.2) is 39.9 Å². The maximum absolute atomic E-state index is 13.4. The predicted octanol–water partition coefficient (Wildman–Crippen LogP) is 3.20. The van der Waals surface area contributed by atoms with E-state index in [1.807, 2.05) is 54.6 Å². The Kier molecular flexibility index (Phi) is 8.25. The molecule has 0 saturated heterocycles. The first-order chi connectivity index (χ1) is 17.8. The Morgan fingerprint density at radius 3 is 2.49 bits per heavy atom. The summed E-state index contributed by atoms with van der Waals surface area (Å²) in [6.45, 7) is 2.56. The van der Waals surface area contributed by atoms with Gasteiger partial charge in [-0.05, 0) is 59.9 Å². The summed E-state index contributed by atoms with van der Waals surface area (Å²) in [7, 11) is -2.45. The number of rotatable bonds is 10. The molecule has 0 fully saturated rings. The summed E-state index contributed by atoms with van der Waals surface area (Å²) in [4.78, 5) is 27.2. The first-order valence-electron chi connectivity index (χ1n) is 12.2. The van der Waals surface area contributed by atoms with Crippen LogP contribution in [0.1, 0.15) is 30.0 Å². The summed E-state index contributed by atoms with van der Waals surface area (Å²) in [5.41, 5.74) is 3.20. The summed E-state index contributed by atoms with van der Waals surface area (Å²) in [5.74, 6) is 0.239. The van der Waals surface area contributed by atoms with Gasteiger partial charge in [-0.15, -0.1) is 0 Å². The molecule has 3 aromatic rings. The number of hydrogen-bond donors (Lipinski definition) is 2. The van der Waals surface area contributed by atoms with Crippen LogP contribution in [0.25, 0.3) is 0 Å². The fourth-order valence-corrected chi connectivity index (χ4v) is 5.63. The molecule has 0 aliphatic carbocycles. The number of anilines is 1. The van der Waals surface area contributed by atoms with Gasteiger partial charge in [0, 0.05) is 25.2 Å². The molecule has 194 valence electrons. The number of ether oxygens (including phenoxy) is 1. The minimum absolute atomic E-state index is 0.00288. The van der Waals surface area contributed by atoms with Crippen molar-refractivity contribution in [3.63, 3.8) is 0 Å². The zero-order valence-corrected chi connectivity index (χ0v) is 21.8. The molecule has 1 aliphatic heterocycles. The van der Waals surface area contributed by atoms with E-state index in [0.29, 0.717) is 25.1 Å². The number of hydrogen-bond acceptors (Lipinski definition) is 5. The quantitative estimate of drug-likeness (QED) is 0.426. The lowest BCUT2D eigenvalue weighted by molar-refractivity contribution is -0.123. The van der Waals surface area contributed by atoms with Crippen LogP contribution in [-0.2, 0) is 39.0 Å². The molecule has 0 radical (unpaired) electrons. The van der Waals surface area contributed by atoms with E-state index in [4.69, 9.17) is 4.74 Å². The van der Waals surface area contributed by atoms with Crippen molar-refractivity contribution >= 4 is 27.5 Å². The molecular formula is C28H31N3O5S. The van der Waals surface area contributed by atoms with E-state index >= 15 is 0 Å². The molecule has 0 spiro atoms. The summed E-state index contributed by atoms with van der Waals surface area (Å²) < 4.78 is 34.6. The highest BCUT2D eigenvalue weighted by Gasteiger charge is 2.29. The minimum atomic E-state index is -4.02. The molecule has 0 saturated carbocycles. The summed E-state index contributed by atoms with van der Waals surface area (Å²) >= 11 is 0. The van der Waals surface area contributed by atoms with Crippen LogP contribution in [0.15, 0.2) is 77.7 Å². The van der Waals surface area contributed by atoms with Gasteiger partial charge in [-0.3, -0.25) is 9.59 Å². The molecule has 9 heteroatoms. The van der Waals surface area contributed by atoms with Crippen molar-refractivity contribution in [1.29, 1.82) is 0 Å². The van der Waals surface area contributed by atoms with Crippen molar-refractivity contribution in [3.05, 3.63) is 89.5 Å². The third-order valence-corrected chi connectivity index (χ3v) is 7.83. The molecule has 37 heavy (non-hydrogen) atoms. The molecule has 2 N–H and O–H groups in total. The number of benzene rings is 3. The Hall–Kier alpha value is -3.69. The lowest BCUT2D eigenvalue weighted by atomic mass is 10.1. The molecule has 0 unspecified atom stereocenters. The van der Waals surface area contributed by atoms with E-state index < -0.39 is 22.0 Å². The molecule has 1 heterocycles. The second-order valence-corrected chi connectivity index (χ2v) is 10.6. The maximum atomic E-state index is 13.4. The number of sulfonamides is 1. The van der Waals surface area contributed by atoms with E-state index in [1.165, 1.54) is 6.07 Å². The summed E-state index contributed by atoms with van der Waals surface area (Å²) in [6.07, 6.45) is 1.15. The Balaban J connectivity index is 1.54. The smallest absolute Gasteiger partial charge is 0.241 e. The largest absolute Gasteiger partial charge is 0.497 e. The van der Waals surface area contributed by atoms with Gasteiger partial charge in [0.1, 0.15) is 11.8 Å². The van der Waals surface area contributed by atoms with Crippen LogP contribution < -0.4 is 19.7 Å². The molecule has 0 bridgehead atoms. The third-order valence-electron chi connectivity index (χ3n) is 6.36. The van der Waals surface area contributed by atoms with Crippen molar-refractivity contribution in [2.24, 2.45) is 0 Å². The van der Waals surface area contributed by atoms with Gasteiger partial charge in [0.15, 0.2) is 0 Å². The molecule has 1 atom stereocenters. The number of nitrogens with one attached hydrogen (secondary N) is 2. The van der Waals surface area contributed by atoms with Gasteiger partial charge in [0.25, 0.3) is 0 Å². The normalized spacial score (nSPS) is 13.6. The number of fused-ring (bicyclic) bond motifs is 1. The zero-order chi connectivity index (χ0) is 26.4. The van der Waals surface area contributed by atoms with E-state index in [-0.39, 0.29) is 23.8 Å². The van der Waals surface area contributed by atoms with Crippen LogP contribution in [0.3, 0.4) is 0 Å². The third kappa shape index (κ3) is 6.36. The van der Waals surface area contributed by atoms with E-state index in [9.17, 15) is 18.0 Å². The van der Waals surface area contributed by atoms with Gasteiger partial charge in [-0.2, -0.15) is 4.72 Å². The van der Waals surface area contributed by atoms with E-state index in [1.54, 1.807) is 31.1 Å². The van der Waals surface area contributed by atoms with Crippen LogP contribution in [0.5, 0.6) is 5.75 Å². The number of nitrogens with zero attached hydrogens (tertiary/aromatic N) is 1. The number of carbonyl (C=O) groups excluding carboxylic acids is 2. The second-order valence-electron chi connectivity index (χ2n) is 8.87. The summed E-state index contributed by atoms with van der Waals surface area (Å²) in [6, 6.07) is 20.3. The lowest BCUT2D eigenvalue weighted by Gasteiger charge is -2.20. The van der Waals surface area contributed by atoms with Gasteiger partial charge in [-0.25, -0.2) is 8.42 Å². The molecule has 1 aliphatic rings. The van der Waals surface area contributed by atoms with Gasteiger partial charge >= 0.3 is 0 Å². The highest BCUT2D eigenvalue weighted by Crippen LogP contribution is 2.30. The Morgan fingerprint density at radius 2 is 1.76 bits per heavy atom. The average molecular weight is 522 g/mol. The second kappa shape index (κ2) is 11.6. The number of methoxy groups -OCH3 is 1. The first-order valence-corrected chi connectivity index (χ1v) is 13.7. The first kappa shape index (κ1) is 26.4. The molecule has 0 aromatic heterocycles. The standard InChI is InChI=1S/C28H31N3O5S/c1-3-27(32)31-15-14-22-18-24(12-13-26(22)31)37(34,35)30-25(17-20-8-5-4-6-9-20)28(33)29-19-21-10-7-11-23(16-21)36-2/h4-13,16,18,25,30H,3,14-15,17,19H2,1-2H3,(H,29,33)/t25-/m1/s1. The Morgan fingerprint density at radius 1 is 1.00 bits per heavy atom. The summed E-state index contributed by atoms with van der Waals surface area (Å²) in [5, 5.41) is 2.85. The predicted molar refractivity (Wildman–Crippen MR) is 142 cm³/mol.